The Labute approximate surface area is 124 Å². The fourth-order valence-electron chi connectivity index (χ4n) is 3.41. The SMILES string of the molecule is CC(O)C1CCN(C(=O)C2CC2c2cccc(F)c2)CC1. The molecule has 0 spiro atoms. The predicted molar refractivity (Wildman–Crippen MR) is 78.2 cm³/mol. The summed E-state index contributed by atoms with van der Waals surface area (Å²) >= 11 is 0. The van der Waals surface area contributed by atoms with Crippen molar-refractivity contribution in [1.29, 1.82) is 0 Å². The van der Waals surface area contributed by atoms with Crippen LogP contribution in [0.25, 0.3) is 0 Å². The molecule has 3 nitrogen and oxygen atoms in total. The highest BCUT2D eigenvalue weighted by Gasteiger charge is 2.46. The third kappa shape index (κ3) is 3.10. The van der Waals surface area contributed by atoms with Gasteiger partial charge in [0.05, 0.1) is 6.10 Å². The number of hydrogen-bond donors (Lipinski definition) is 1. The van der Waals surface area contributed by atoms with Crippen LogP contribution in [-0.2, 0) is 4.79 Å². The molecule has 1 aromatic rings. The summed E-state index contributed by atoms with van der Waals surface area (Å²) in [6, 6.07) is 6.58. The molecule has 1 saturated heterocycles. The highest BCUT2D eigenvalue weighted by atomic mass is 19.1. The van der Waals surface area contributed by atoms with Gasteiger partial charge in [0.15, 0.2) is 0 Å². The lowest BCUT2D eigenvalue weighted by atomic mass is 9.92. The number of halogens is 1. The van der Waals surface area contributed by atoms with Gasteiger partial charge in [-0.25, -0.2) is 4.39 Å². The Morgan fingerprint density at radius 1 is 1.38 bits per heavy atom. The number of likely N-dealkylation sites (tertiary alicyclic amines) is 1. The number of carbonyl (C=O) groups excluding carboxylic acids is 1. The van der Waals surface area contributed by atoms with E-state index in [1.807, 2.05) is 17.9 Å². The average Bonchev–Trinajstić information content (AvgIpc) is 3.27. The maximum absolute atomic E-state index is 13.2. The minimum Gasteiger partial charge on any atom is -0.393 e. The molecule has 1 aromatic carbocycles. The van der Waals surface area contributed by atoms with Crippen molar-refractivity contribution in [3.05, 3.63) is 35.6 Å². The topological polar surface area (TPSA) is 40.5 Å². The number of rotatable bonds is 3. The van der Waals surface area contributed by atoms with E-state index >= 15 is 0 Å². The van der Waals surface area contributed by atoms with Crippen LogP contribution >= 0.6 is 0 Å². The monoisotopic (exact) mass is 291 g/mol. The molecule has 1 aliphatic carbocycles. The number of aliphatic hydroxyl groups excluding tert-OH is 1. The molecule has 2 fully saturated rings. The van der Waals surface area contributed by atoms with Gasteiger partial charge in [0.2, 0.25) is 5.91 Å². The number of piperidine rings is 1. The Morgan fingerprint density at radius 3 is 2.71 bits per heavy atom. The van der Waals surface area contributed by atoms with Crippen LogP contribution in [0, 0.1) is 17.7 Å². The normalized spacial score (nSPS) is 27.5. The summed E-state index contributed by atoms with van der Waals surface area (Å²) in [5.74, 6) is 0.488. The van der Waals surface area contributed by atoms with Crippen molar-refractivity contribution < 1.29 is 14.3 Å². The molecule has 114 valence electrons. The largest absolute Gasteiger partial charge is 0.393 e. The number of nitrogens with zero attached hydrogens (tertiary/aromatic N) is 1. The Bertz CT molecular complexity index is 523. The number of hydrogen-bond acceptors (Lipinski definition) is 2. The fourth-order valence-corrected chi connectivity index (χ4v) is 3.41. The fraction of sp³-hybridized carbons (Fsp3) is 0.588. The van der Waals surface area contributed by atoms with E-state index in [1.165, 1.54) is 12.1 Å². The number of carbonyl (C=O) groups is 1. The van der Waals surface area contributed by atoms with Crippen LogP contribution in [0.3, 0.4) is 0 Å². The first-order valence-corrected chi connectivity index (χ1v) is 7.78. The van der Waals surface area contributed by atoms with Crippen LogP contribution < -0.4 is 0 Å². The minimum absolute atomic E-state index is 0.0231. The van der Waals surface area contributed by atoms with Crippen LogP contribution in [0.1, 0.15) is 37.7 Å². The Balaban J connectivity index is 1.56. The van der Waals surface area contributed by atoms with Gasteiger partial charge in [-0.1, -0.05) is 12.1 Å². The maximum atomic E-state index is 13.2. The molecular formula is C17H22FNO2. The van der Waals surface area contributed by atoms with Gasteiger partial charge >= 0.3 is 0 Å². The number of benzene rings is 1. The molecule has 4 heteroatoms. The standard InChI is InChI=1S/C17H22FNO2/c1-11(20)12-5-7-19(8-6-12)17(21)16-10-15(16)13-3-2-4-14(18)9-13/h2-4,9,11-12,15-16,20H,5-8,10H2,1H3. The van der Waals surface area contributed by atoms with Crippen LogP contribution in [-0.4, -0.2) is 35.1 Å². The number of aliphatic hydroxyl groups is 1. The molecule has 0 bridgehead atoms. The molecular weight excluding hydrogens is 269 g/mol. The summed E-state index contributed by atoms with van der Waals surface area (Å²) < 4.78 is 13.2. The molecule has 0 radical (unpaired) electrons. The summed E-state index contributed by atoms with van der Waals surface area (Å²) in [7, 11) is 0. The summed E-state index contributed by atoms with van der Waals surface area (Å²) in [5, 5.41) is 9.60. The minimum atomic E-state index is -0.289. The third-order valence-electron chi connectivity index (χ3n) is 4.92. The summed E-state index contributed by atoms with van der Waals surface area (Å²) in [6.45, 7) is 3.30. The second-order valence-corrected chi connectivity index (χ2v) is 6.41. The Kier molecular flexibility index (Phi) is 3.98. The lowest BCUT2D eigenvalue weighted by Crippen LogP contribution is -2.41. The Morgan fingerprint density at radius 2 is 2.10 bits per heavy atom. The third-order valence-corrected chi connectivity index (χ3v) is 4.92. The van der Waals surface area contributed by atoms with Gasteiger partial charge in [0, 0.05) is 19.0 Å². The molecule has 1 heterocycles. The maximum Gasteiger partial charge on any atom is 0.226 e. The quantitative estimate of drug-likeness (QED) is 0.929. The van der Waals surface area contributed by atoms with Gasteiger partial charge in [0.1, 0.15) is 5.82 Å². The van der Waals surface area contributed by atoms with Crippen molar-refractivity contribution in [3.8, 4) is 0 Å². The van der Waals surface area contributed by atoms with Crippen molar-refractivity contribution in [1.82, 2.24) is 4.90 Å². The van der Waals surface area contributed by atoms with Gasteiger partial charge in [-0.3, -0.25) is 4.79 Å². The molecule has 2 aliphatic rings. The number of amides is 1. The Hall–Kier alpha value is -1.42. The second-order valence-electron chi connectivity index (χ2n) is 6.41. The molecule has 1 N–H and O–H groups in total. The molecule has 1 saturated carbocycles. The van der Waals surface area contributed by atoms with E-state index in [9.17, 15) is 14.3 Å². The molecule has 21 heavy (non-hydrogen) atoms. The first-order chi connectivity index (χ1) is 10.1. The molecule has 1 amide bonds. The molecule has 3 unspecified atom stereocenters. The van der Waals surface area contributed by atoms with Crippen molar-refractivity contribution in [2.75, 3.05) is 13.1 Å². The summed E-state index contributed by atoms with van der Waals surface area (Å²) in [6.07, 6.45) is 2.29. The summed E-state index contributed by atoms with van der Waals surface area (Å²) in [5.41, 5.74) is 0.937. The highest BCUT2D eigenvalue weighted by molar-refractivity contribution is 5.83. The zero-order chi connectivity index (χ0) is 15.0. The van der Waals surface area contributed by atoms with Gasteiger partial charge in [-0.2, -0.15) is 0 Å². The van der Waals surface area contributed by atoms with Crippen molar-refractivity contribution >= 4 is 5.91 Å². The van der Waals surface area contributed by atoms with E-state index in [2.05, 4.69) is 0 Å². The lowest BCUT2D eigenvalue weighted by molar-refractivity contribution is -0.134. The van der Waals surface area contributed by atoms with E-state index < -0.39 is 0 Å². The first kappa shape index (κ1) is 14.5. The first-order valence-electron chi connectivity index (χ1n) is 7.78. The molecule has 1 aliphatic heterocycles. The second kappa shape index (κ2) is 5.76. The lowest BCUT2D eigenvalue weighted by Gasteiger charge is -2.33. The molecule has 3 atom stereocenters. The zero-order valence-electron chi connectivity index (χ0n) is 12.3. The van der Waals surface area contributed by atoms with Gasteiger partial charge in [-0.05, 0) is 55.7 Å². The van der Waals surface area contributed by atoms with Crippen LogP contribution in [0.5, 0.6) is 0 Å². The van der Waals surface area contributed by atoms with Crippen LogP contribution in [0.15, 0.2) is 24.3 Å². The van der Waals surface area contributed by atoms with E-state index in [-0.39, 0.29) is 29.7 Å². The van der Waals surface area contributed by atoms with E-state index in [4.69, 9.17) is 0 Å². The van der Waals surface area contributed by atoms with Crippen molar-refractivity contribution in [3.63, 3.8) is 0 Å². The van der Waals surface area contributed by atoms with E-state index in [1.54, 1.807) is 6.07 Å². The van der Waals surface area contributed by atoms with Crippen LogP contribution in [0.2, 0.25) is 0 Å². The van der Waals surface area contributed by atoms with Crippen LogP contribution in [0.4, 0.5) is 4.39 Å². The molecule has 0 aromatic heterocycles. The zero-order valence-corrected chi connectivity index (χ0v) is 12.3. The van der Waals surface area contributed by atoms with Gasteiger partial charge in [0.25, 0.3) is 0 Å². The van der Waals surface area contributed by atoms with Crippen molar-refractivity contribution in [2.45, 2.75) is 38.2 Å². The smallest absolute Gasteiger partial charge is 0.226 e. The molecule has 3 rings (SSSR count). The average molecular weight is 291 g/mol. The van der Waals surface area contributed by atoms with Gasteiger partial charge in [-0.15, -0.1) is 0 Å². The van der Waals surface area contributed by atoms with Crippen molar-refractivity contribution in [2.24, 2.45) is 11.8 Å². The van der Waals surface area contributed by atoms with Gasteiger partial charge < -0.3 is 10.0 Å². The summed E-state index contributed by atoms with van der Waals surface area (Å²) in [4.78, 5) is 14.4. The van der Waals surface area contributed by atoms with E-state index in [0.717, 1.165) is 37.9 Å². The van der Waals surface area contributed by atoms with E-state index in [0.29, 0.717) is 5.92 Å². The highest BCUT2D eigenvalue weighted by Crippen LogP contribution is 2.48. The predicted octanol–water partition coefficient (Wildman–Crippen LogP) is 2.55.